The lowest BCUT2D eigenvalue weighted by Crippen LogP contribution is -2.45. The molecule has 0 aromatic carbocycles. The molecule has 0 spiro atoms. The summed E-state index contributed by atoms with van der Waals surface area (Å²) in [4.78, 5) is 114. The number of hydrogen-bond donors (Lipinski definition) is 11. The van der Waals surface area contributed by atoms with Gasteiger partial charge in [0.25, 0.3) is 17.1 Å². The Morgan fingerprint density at radius 1 is 0.787 bits per heavy atom. The third kappa shape index (κ3) is 12.1. The fourth-order valence-electron chi connectivity index (χ4n) is 9.01. The quantitative estimate of drug-likeness (QED) is 0.0239. The van der Waals surface area contributed by atoms with Gasteiger partial charge in [0.15, 0.2) is 41.4 Å². The molecule has 16 atom stereocenters. The van der Waals surface area contributed by atoms with Gasteiger partial charge in [-0.3, -0.25) is 47.1 Å². The Kier molecular flexibility index (Phi) is 16.7. The summed E-state index contributed by atoms with van der Waals surface area (Å²) in [5.74, 6) is -2.44. The zero-order chi connectivity index (χ0) is 58.1. The number of fused-ring (bicyclic) bond motifs is 3. The topological polar surface area (TPSA) is 548 Å². The summed E-state index contributed by atoms with van der Waals surface area (Å²) in [5.41, 5.74) is 15.8. The number of aliphatic hydroxyl groups is 3. The molecular formula is C36H50N16O23P4S. The molecule has 438 valence electrons. The van der Waals surface area contributed by atoms with Crippen LogP contribution in [0.4, 0.5) is 17.7 Å². The van der Waals surface area contributed by atoms with Crippen molar-refractivity contribution in [3.63, 3.8) is 0 Å². The zero-order valence-electron chi connectivity index (χ0n) is 41.5. The highest BCUT2D eigenvalue weighted by Crippen LogP contribution is 2.68. The van der Waals surface area contributed by atoms with Gasteiger partial charge >= 0.3 is 29.1 Å². The van der Waals surface area contributed by atoms with E-state index >= 15 is 0 Å². The van der Waals surface area contributed by atoms with Crippen LogP contribution in [-0.2, 0) is 83.0 Å². The molecule has 39 nitrogen and oxygen atoms in total. The molecule has 3 fully saturated rings. The number of aryl methyl sites for hydroxylation is 1. The van der Waals surface area contributed by atoms with E-state index in [0.717, 1.165) is 24.3 Å². The number of imidazole rings is 3. The standard InChI is InChI=1S/C36H50N16O23P4S/c1-48(2)17(53)5-13-14(70-32(21(13)54)52-12-49(3)20-29(52)45-36(39)47-31(20)58)6-67-76(59,60)74-78(63,64)75-77(61,62)68-8-16-24(25(66-4)34(72-16)50-10-42-18-26(37)40-9-41-27(18)50)73-79(65,80)69-7-15-22(55)23(56)33(71-15)51-11-43-19-28(51)44-35(38)46-30(19)57/h9-16,21-25,32-34,54-56H,5-8H2,1-4H3,(H11-,37,38,39,40,41,44,45,46,47,57,58,59,60,61,62,63,64,65,80)/t13-,14-,15-,16-,21-,22-,23-,24-,25-,32-,33-,34-,79?/m1/s1. The average molecular weight is 1230 g/mol. The van der Waals surface area contributed by atoms with Gasteiger partial charge in [-0.2, -0.15) is 13.6 Å². The number of nitrogen functional groups attached to an aromatic ring is 3. The van der Waals surface area contributed by atoms with Gasteiger partial charge in [-0.15, -0.1) is 0 Å². The van der Waals surface area contributed by atoms with Gasteiger partial charge in [-0.05, 0) is 0 Å². The number of ether oxygens (including phenoxy) is 4. The minimum absolute atomic E-state index is 0.00310. The zero-order valence-corrected chi connectivity index (χ0v) is 45.9. The Morgan fingerprint density at radius 2 is 1.39 bits per heavy atom. The van der Waals surface area contributed by atoms with Crippen molar-refractivity contribution in [2.45, 2.75) is 73.9 Å². The molecule has 0 radical (unpaired) electrons. The van der Waals surface area contributed by atoms with Crippen molar-refractivity contribution in [2.75, 3.05) is 58.2 Å². The van der Waals surface area contributed by atoms with E-state index in [-0.39, 0.29) is 51.2 Å². The molecule has 14 N–H and O–H groups in total. The van der Waals surface area contributed by atoms with Crippen molar-refractivity contribution in [1.82, 2.24) is 58.5 Å². The van der Waals surface area contributed by atoms with E-state index in [0.29, 0.717) is 0 Å². The normalized spacial score (nSPS) is 29.2. The Bertz CT molecular complexity index is 3660. The maximum atomic E-state index is 14.0. The number of methoxy groups -OCH3 is 1. The number of nitrogens with one attached hydrogen (secondary N) is 2. The summed E-state index contributed by atoms with van der Waals surface area (Å²) in [6.07, 6.45) is -13.2. The molecule has 0 saturated carbocycles. The van der Waals surface area contributed by atoms with E-state index in [1.807, 2.05) is 0 Å². The molecule has 9 rings (SSSR count). The van der Waals surface area contributed by atoms with Crippen molar-refractivity contribution < 1.29 is 104 Å². The highest BCUT2D eigenvalue weighted by atomic mass is 32.5. The first-order valence-corrected chi connectivity index (χ1v) is 30.0. The van der Waals surface area contributed by atoms with Crippen LogP contribution in [0.2, 0.25) is 0 Å². The summed E-state index contributed by atoms with van der Waals surface area (Å²) < 4.78 is 97.9. The first kappa shape index (κ1) is 59.4. The molecule has 4 unspecified atom stereocenters. The van der Waals surface area contributed by atoms with Gasteiger partial charge in [-0.1, -0.05) is 16.8 Å². The van der Waals surface area contributed by atoms with Crippen LogP contribution in [0, 0.1) is 5.92 Å². The van der Waals surface area contributed by atoms with Crippen LogP contribution >= 0.6 is 30.2 Å². The van der Waals surface area contributed by atoms with E-state index in [9.17, 15) is 63.0 Å². The van der Waals surface area contributed by atoms with Gasteiger partial charge in [0.2, 0.25) is 23.6 Å². The molecule has 3 saturated heterocycles. The van der Waals surface area contributed by atoms with Crippen molar-refractivity contribution >= 4 is 99.1 Å². The molecule has 6 aromatic heterocycles. The number of carbonyl (C=O) groups excluding carboxylic acids is 1. The number of aromatic amines is 2. The van der Waals surface area contributed by atoms with Crippen molar-refractivity contribution in [2.24, 2.45) is 13.0 Å². The number of aliphatic hydroxyl groups excluding tert-OH is 3. The highest BCUT2D eigenvalue weighted by molar-refractivity contribution is 8.06. The van der Waals surface area contributed by atoms with Crippen LogP contribution in [-0.4, -0.2) is 184 Å². The second-order valence-corrected chi connectivity index (χ2v) is 25.5. The summed E-state index contributed by atoms with van der Waals surface area (Å²) in [7, 11) is -12.6. The van der Waals surface area contributed by atoms with Crippen LogP contribution in [0.25, 0.3) is 33.5 Å². The minimum Gasteiger partial charge on any atom is -0.780 e. The van der Waals surface area contributed by atoms with E-state index in [2.05, 4.69) is 48.5 Å². The second-order valence-electron chi connectivity index (χ2n) is 18.1. The molecular weight excluding hydrogens is 1180 g/mol. The third-order valence-electron chi connectivity index (χ3n) is 12.6. The second kappa shape index (κ2) is 22.5. The molecule has 80 heavy (non-hydrogen) atoms. The number of carbonyl (C=O) groups is 1. The summed E-state index contributed by atoms with van der Waals surface area (Å²) in [5, 5.41) is 33.4. The van der Waals surface area contributed by atoms with Crippen LogP contribution in [0.1, 0.15) is 25.1 Å². The number of hydrogen-bond acceptors (Lipinski definition) is 30. The average Bonchev–Trinajstić information content (AvgIpc) is 4.23. The van der Waals surface area contributed by atoms with Crippen molar-refractivity contribution in [1.29, 1.82) is 0 Å². The molecule has 0 aliphatic carbocycles. The molecule has 6 aromatic rings. The number of nitrogens with two attached hydrogens (primary N) is 3. The first-order valence-electron chi connectivity index (χ1n) is 23.0. The van der Waals surface area contributed by atoms with Crippen LogP contribution in [0.5, 0.6) is 0 Å². The smallest absolute Gasteiger partial charge is 0.490 e. The number of phosphoric ester groups is 2. The maximum Gasteiger partial charge on any atom is 0.490 e. The molecule has 3 aliphatic rings. The largest absolute Gasteiger partial charge is 0.780 e. The fourth-order valence-corrected chi connectivity index (χ4v) is 14.0. The summed E-state index contributed by atoms with van der Waals surface area (Å²) in [6.45, 7) is -7.98. The Balaban J connectivity index is 0.879. The first-order chi connectivity index (χ1) is 37.5. The number of phosphoric acid groups is 3. The third-order valence-corrected chi connectivity index (χ3v) is 18.4. The predicted octanol–water partition coefficient (Wildman–Crippen LogP) is -4.49. The Hall–Kier alpha value is -5.22. The van der Waals surface area contributed by atoms with E-state index in [1.54, 1.807) is 0 Å². The lowest BCUT2D eigenvalue weighted by atomic mass is 9.94. The van der Waals surface area contributed by atoms with Gasteiger partial charge in [0.05, 0.1) is 45.6 Å². The van der Waals surface area contributed by atoms with Gasteiger partial charge in [0, 0.05) is 33.5 Å². The van der Waals surface area contributed by atoms with Crippen molar-refractivity contribution in [3.05, 3.63) is 46.0 Å². The number of nitrogens with zero attached hydrogens (tertiary/aromatic N) is 11. The monoisotopic (exact) mass is 1230 g/mol. The molecule has 0 bridgehead atoms. The van der Waals surface area contributed by atoms with Crippen molar-refractivity contribution in [3.8, 4) is 0 Å². The van der Waals surface area contributed by atoms with Gasteiger partial charge in [-0.25, -0.2) is 38.2 Å². The predicted molar refractivity (Wildman–Crippen MR) is 264 cm³/mol. The van der Waals surface area contributed by atoms with Gasteiger partial charge in [0.1, 0.15) is 61.3 Å². The van der Waals surface area contributed by atoms with E-state index < -0.39 is 147 Å². The number of amides is 1. The Morgan fingerprint density at radius 3 is 2.05 bits per heavy atom. The fraction of sp³-hybridized carbons (Fsp3) is 0.556. The molecule has 44 heteroatoms. The number of H-pyrrole nitrogens is 2. The van der Waals surface area contributed by atoms with Crippen LogP contribution < -0.4 is 37.8 Å². The Labute approximate surface area is 451 Å². The SMILES string of the molecule is CO[C@@H]1[C@H](OP([O-])(=S)OC[C@H]2O[C@@H](n3cnc4c(=O)[nH]c(N)nc43)[C@H](O)[C@@H]2O)[C@@H](COP(=O)(O)OP(=O)(O)OP(=O)(O)OC[C@H]2O[C@@H]([n+]3cn(C)c4c(=O)[nH]c(N)nc43)[C@H](O)[C@@H]2CC(=O)N(C)C)O[C@H]1n1cnc2c(N)ncnc21. The number of aromatic nitrogens is 12. The maximum absolute atomic E-state index is 14.0. The molecule has 9 heterocycles. The van der Waals surface area contributed by atoms with E-state index in [1.165, 1.54) is 52.4 Å². The molecule has 1 amide bonds. The highest BCUT2D eigenvalue weighted by Gasteiger charge is 2.53. The van der Waals surface area contributed by atoms with Crippen LogP contribution in [0.3, 0.4) is 0 Å². The van der Waals surface area contributed by atoms with E-state index in [4.69, 9.17) is 66.1 Å². The lowest BCUT2D eigenvalue weighted by molar-refractivity contribution is -0.745. The summed E-state index contributed by atoms with van der Waals surface area (Å²) >= 11 is 5.19. The number of anilines is 3. The van der Waals surface area contributed by atoms with Crippen LogP contribution in [0.15, 0.2) is 34.9 Å². The van der Waals surface area contributed by atoms with Gasteiger partial charge < -0.3 is 85.0 Å². The summed E-state index contributed by atoms with van der Waals surface area (Å²) in [6, 6.07) is 0. The minimum atomic E-state index is -6.21. The number of rotatable bonds is 21. The lowest BCUT2D eigenvalue weighted by Gasteiger charge is -2.34. The molecule has 3 aliphatic heterocycles.